The lowest BCUT2D eigenvalue weighted by atomic mass is 9.71. The highest BCUT2D eigenvalue weighted by Crippen LogP contribution is 2.39. The van der Waals surface area contributed by atoms with Crippen LogP contribution < -0.4 is 5.32 Å². The van der Waals surface area contributed by atoms with E-state index >= 15 is 0 Å². The van der Waals surface area contributed by atoms with Crippen LogP contribution in [0.15, 0.2) is 0 Å². The lowest BCUT2D eigenvalue weighted by Crippen LogP contribution is -2.30. The summed E-state index contributed by atoms with van der Waals surface area (Å²) in [7, 11) is 0. The van der Waals surface area contributed by atoms with E-state index in [2.05, 4.69) is 19.2 Å². The molecule has 1 heteroatoms. The molecule has 1 aliphatic heterocycles. The van der Waals surface area contributed by atoms with Gasteiger partial charge in [-0.05, 0) is 68.9 Å². The molecule has 0 bridgehead atoms. The largest absolute Gasteiger partial charge is 0.316 e. The molecule has 3 unspecified atom stereocenters. The molecular formula is C14H27N. The summed E-state index contributed by atoms with van der Waals surface area (Å²) in [6.07, 6.45) is 8.90. The van der Waals surface area contributed by atoms with Gasteiger partial charge >= 0.3 is 0 Å². The fourth-order valence-corrected chi connectivity index (χ4v) is 3.70. The summed E-state index contributed by atoms with van der Waals surface area (Å²) in [4.78, 5) is 0. The van der Waals surface area contributed by atoms with E-state index in [1.807, 2.05) is 0 Å². The van der Waals surface area contributed by atoms with Crippen molar-refractivity contribution >= 4 is 0 Å². The first-order chi connectivity index (χ1) is 7.25. The van der Waals surface area contributed by atoms with Crippen LogP contribution in [-0.4, -0.2) is 13.1 Å². The Balaban J connectivity index is 1.86. The fraction of sp³-hybridized carbons (Fsp3) is 1.00. The van der Waals surface area contributed by atoms with Crippen LogP contribution >= 0.6 is 0 Å². The number of nitrogens with one attached hydrogen (secondary N) is 1. The summed E-state index contributed by atoms with van der Waals surface area (Å²) in [5.41, 5.74) is 0. The summed E-state index contributed by atoms with van der Waals surface area (Å²) in [5, 5.41) is 3.60. The highest BCUT2D eigenvalue weighted by Gasteiger charge is 2.31. The van der Waals surface area contributed by atoms with Gasteiger partial charge in [0.25, 0.3) is 0 Å². The van der Waals surface area contributed by atoms with Gasteiger partial charge in [0.2, 0.25) is 0 Å². The first kappa shape index (κ1) is 11.4. The highest BCUT2D eigenvalue weighted by atomic mass is 14.9. The summed E-state index contributed by atoms with van der Waals surface area (Å²) in [5.74, 6) is 4.01. The quantitative estimate of drug-likeness (QED) is 0.734. The minimum absolute atomic E-state index is 0.899. The SMILES string of the molecule is CC(C)CC1CCC2CNCCCC2C1. The van der Waals surface area contributed by atoms with Gasteiger partial charge in [-0.2, -0.15) is 0 Å². The van der Waals surface area contributed by atoms with Gasteiger partial charge in [-0.3, -0.25) is 0 Å². The van der Waals surface area contributed by atoms with E-state index in [0.29, 0.717) is 0 Å². The first-order valence-electron chi connectivity index (χ1n) is 6.96. The molecule has 0 aromatic rings. The van der Waals surface area contributed by atoms with Crippen molar-refractivity contribution in [2.75, 3.05) is 13.1 Å². The van der Waals surface area contributed by atoms with Crippen molar-refractivity contribution < 1.29 is 0 Å². The third-order valence-electron chi connectivity index (χ3n) is 4.39. The van der Waals surface area contributed by atoms with Crippen LogP contribution in [0.3, 0.4) is 0 Å². The van der Waals surface area contributed by atoms with Crippen LogP contribution in [0.5, 0.6) is 0 Å². The Morgan fingerprint density at radius 1 is 1.13 bits per heavy atom. The van der Waals surface area contributed by atoms with E-state index in [1.165, 1.54) is 51.6 Å². The van der Waals surface area contributed by atoms with Crippen molar-refractivity contribution in [2.24, 2.45) is 23.7 Å². The Morgan fingerprint density at radius 3 is 2.80 bits per heavy atom. The molecule has 0 amide bonds. The van der Waals surface area contributed by atoms with Crippen LogP contribution in [0.25, 0.3) is 0 Å². The zero-order valence-electron chi connectivity index (χ0n) is 10.5. The van der Waals surface area contributed by atoms with E-state index in [4.69, 9.17) is 0 Å². The van der Waals surface area contributed by atoms with Crippen LogP contribution in [0, 0.1) is 23.7 Å². The second-order valence-electron chi connectivity index (χ2n) is 6.18. The molecule has 1 N–H and O–H groups in total. The molecule has 2 aliphatic rings. The van der Waals surface area contributed by atoms with Crippen molar-refractivity contribution in [3.63, 3.8) is 0 Å². The lowest BCUT2D eigenvalue weighted by molar-refractivity contribution is 0.162. The normalized spacial score (nSPS) is 37.4. The summed E-state index contributed by atoms with van der Waals surface area (Å²) >= 11 is 0. The second kappa shape index (κ2) is 5.34. The van der Waals surface area contributed by atoms with E-state index < -0.39 is 0 Å². The van der Waals surface area contributed by atoms with Crippen LogP contribution in [0.4, 0.5) is 0 Å². The van der Waals surface area contributed by atoms with Gasteiger partial charge in [0, 0.05) is 0 Å². The van der Waals surface area contributed by atoms with Crippen molar-refractivity contribution in [1.29, 1.82) is 0 Å². The Hall–Kier alpha value is -0.0400. The molecule has 1 aliphatic carbocycles. The van der Waals surface area contributed by atoms with E-state index in [-0.39, 0.29) is 0 Å². The van der Waals surface area contributed by atoms with Gasteiger partial charge in [0.05, 0.1) is 0 Å². The van der Waals surface area contributed by atoms with E-state index in [1.54, 1.807) is 0 Å². The van der Waals surface area contributed by atoms with Crippen LogP contribution in [0.2, 0.25) is 0 Å². The zero-order chi connectivity index (χ0) is 10.7. The zero-order valence-corrected chi connectivity index (χ0v) is 10.5. The predicted octanol–water partition coefficient (Wildman–Crippen LogP) is 3.45. The first-order valence-corrected chi connectivity index (χ1v) is 6.96. The van der Waals surface area contributed by atoms with Crippen molar-refractivity contribution in [1.82, 2.24) is 5.32 Å². The van der Waals surface area contributed by atoms with Crippen LogP contribution in [-0.2, 0) is 0 Å². The Morgan fingerprint density at radius 2 is 2.00 bits per heavy atom. The summed E-state index contributed by atoms with van der Waals surface area (Å²) < 4.78 is 0. The molecular weight excluding hydrogens is 182 g/mol. The molecule has 1 saturated carbocycles. The highest BCUT2D eigenvalue weighted by molar-refractivity contribution is 4.83. The second-order valence-corrected chi connectivity index (χ2v) is 6.18. The molecule has 15 heavy (non-hydrogen) atoms. The molecule has 2 fully saturated rings. The maximum atomic E-state index is 3.60. The van der Waals surface area contributed by atoms with Gasteiger partial charge in [0.1, 0.15) is 0 Å². The minimum Gasteiger partial charge on any atom is -0.316 e. The Bertz CT molecular complexity index is 188. The van der Waals surface area contributed by atoms with Crippen molar-refractivity contribution in [3.8, 4) is 0 Å². The van der Waals surface area contributed by atoms with E-state index in [9.17, 15) is 0 Å². The van der Waals surface area contributed by atoms with Gasteiger partial charge < -0.3 is 5.32 Å². The van der Waals surface area contributed by atoms with Gasteiger partial charge in [0.15, 0.2) is 0 Å². The Labute approximate surface area is 95.0 Å². The van der Waals surface area contributed by atoms with Crippen molar-refractivity contribution in [2.45, 2.75) is 52.4 Å². The molecule has 0 aromatic heterocycles. The third kappa shape index (κ3) is 3.21. The summed E-state index contributed by atoms with van der Waals surface area (Å²) in [6, 6.07) is 0. The standard InChI is InChI=1S/C14H27N/c1-11(2)8-12-5-6-14-10-15-7-3-4-13(14)9-12/h11-15H,3-10H2,1-2H3. The van der Waals surface area contributed by atoms with Crippen molar-refractivity contribution in [3.05, 3.63) is 0 Å². The number of hydrogen-bond acceptors (Lipinski definition) is 1. The van der Waals surface area contributed by atoms with E-state index in [0.717, 1.165) is 23.7 Å². The average molecular weight is 209 g/mol. The molecule has 0 spiro atoms. The number of rotatable bonds is 2. The topological polar surface area (TPSA) is 12.0 Å². The minimum atomic E-state index is 0.899. The number of fused-ring (bicyclic) bond motifs is 1. The maximum absolute atomic E-state index is 3.60. The van der Waals surface area contributed by atoms with Gasteiger partial charge in [-0.25, -0.2) is 0 Å². The Kier molecular flexibility index (Phi) is 4.07. The van der Waals surface area contributed by atoms with Crippen LogP contribution in [0.1, 0.15) is 52.4 Å². The van der Waals surface area contributed by atoms with Gasteiger partial charge in [-0.15, -0.1) is 0 Å². The predicted molar refractivity (Wildman–Crippen MR) is 65.9 cm³/mol. The fourth-order valence-electron chi connectivity index (χ4n) is 3.70. The summed E-state index contributed by atoms with van der Waals surface area (Å²) in [6.45, 7) is 7.32. The molecule has 3 atom stereocenters. The number of hydrogen-bond donors (Lipinski definition) is 1. The maximum Gasteiger partial charge on any atom is -0.00179 e. The smallest absolute Gasteiger partial charge is 0.00179 e. The van der Waals surface area contributed by atoms with Gasteiger partial charge in [-0.1, -0.05) is 20.3 Å². The average Bonchev–Trinajstić information content (AvgIpc) is 2.41. The molecule has 1 saturated heterocycles. The lowest BCUT2D eigenvalue weighted by Gasteiger charge is -2.35. The molecule has 88 valence electrons. The molecule has 0 radical (unpaired) electrons. The molecule has 0 aromatic carbocycles. The third-order valence-corrected chi connectivity index (χ3v) is 4.39. The molecule has 1 heterocycles. The molecule has 1 nitrogen and oxygen atoms in total. The molecule has 2 rings (SSSR count). The monoisotopic (exact) mass is 209 g/mol.